The Bertz CT molecular complexity index is 692. The molecule has 1 aromatic heterocycles. The largest absolute Gasteiger partial charge is 0.466 e. The molecule has 22 heavy (non-hydrogen) atoms. The van der Waals surface area contributed by atoms with Crippen LogP contribution in [-0.4, -0.2) is 41.5 Å². The second-order valence-corrected chi connectivity index (χ2v) is 5.62. The third-order valence-corrected chi connectivity index (χ3v) is 4.13. The van der Waals surface area contributed by atoms with Crippen molar-refractivity contribution in [2.75, 3.05) is 19.7 Å². The van der Waals surface area contributed by atoms with E-state index >= 15 is 0 Å². The van der Waals surface area contributed by atoms with Gasteiger partial charge in [0.05, 0.1) is 12.5 Å². The summed E-state index contributed by atoms with van der Waals surface area (Å²) in [4.78, 5) is 29.4. The van der Waals surface area contributed by atoms with E-state index in [2.05, 4.69) is 4.98 Å². The second kappa shape index (κ2) is 6.22. The number of carbonyl (C=O) groups is 2. The zero-order valence-corrected chi connectivity index (χ0v) is 12.7. The monoisotopic (exact) mass is 300 g/mol. The summed E-state index contributed by atoms with van der Waals surface area (Å²) in [7, 11) is 0. The lowest BCUT2D eigenvalue weighted by Gasteiger charge is -2.31. The molecule has 1 aliphatic rings. The zero-order valence-electron chi connectivity index (χ0n) is 12.7. The number of rotatable bonds is 3. The number of H-pyrrole nitrogens is 1. The number of likely N-dealkylation sites (tertiary alicyclic amines) is 1. The van der Waals surface area contributed by atoms with Crippen molar-refractivity contribution < 1.29 is 14.3 Å². The third-order valence-electron chi connectivity index (χ3n) is 4.13. The van der Waals surface area contributed by atoms with E-state index in [0.29, 0.717) is 25.3 Å². The predicted octanol–water partition coefficient (Wildman–Crippen LogP) is 2.58. The molecule has 1 N–H and O–H groups in total. The molecule has 0 bridgehead atoms. The van der Waals surface area contributed by atoms with E-state index < -0.39 is 0 Å². The van der Waals surface area contributed by atoms with Gasteiger partial charge in [0.15, 0.2) is 0 Å². The van der Waals surface area contributed by atoms with E-state index in [-0.39, 0.29) is 17.8 Å². The van der Waals surface area contributed by atoms with Gasteiger partial charge in [-0.05, 0) is 43.4 Å². The van der Waals surface area contributed by atoms with Gasteiger partial charge >= 0.3 is 5.97 Å². The van der Waals surface area contributed by atoms with Gasteiger partial charge in [0.2, 0.25) is 0 Å². The summed E-state index contributed by atoms with van der Waals surface area (Å²) in [5.41, 5.74) is 1.60. The maximum atomic E-state index is 12.7. The summed E-state index contributed by atoms with van der Waals surface area (Å²) in [6, 6.07) is 7.62. The highest BCUT2D eigenvalue weighted by Gasteiger charge is 2.29. The van der Waals surface area contributed by atoms with Crippen LogP contribution < -0.4 is 0 Å². The Balaban J connectivity index is 1.74. The van der Waals surface area contributed by atoms with E-state index in [9.17, 15) is 9.59 Å². The number of carbonyl (C=O) groups excluding carboxylic acids is 2. The lowest BCUT2D eigenvalue weighted by molar-refractivity contribution is -0.149. The molecule has 2 aromatic rings. The van der Waals surface area contributed by atoms with Gasteiger partial charge in [0.25, 0.3) is 5.91 Å². The number of nitrogens with one attached hydrogen (secondary N) is 1. The van der Waals surface area contributed by atoms with Gasteiger partial charge in [0.1, 0.15) is 0 Å². The molecule has 0 radical (unpaired) electrons. The number of amides is 1. The van der Waals surface area contributed by atoms with Gasteiger partial charge in [-0.3, -0.25) is 9.59 Å². The summed E-state index contributed by atoms with van der Waals surface area (Å²) < 4.78 is 5.08. The summed E-state index contributed by atoms with van der Waals surface area (Å²) in [5.74, 6) is -0.419. The summed E-state index contributed by atoms with van der Waals surface area (Å²) in [5, 5.41) is 1.08. The number of nitrogens with zero attached hydrogens (tertiary/aromatic N) is 1. The maximum Gasteiger partial charge on any atom is 0.310 e. The Labute approximate surface area is 129 Å². The quantitative estimate of drug-likeness (QED) is 0.886. The highest BCUT2D eigenvalue weighted by atomic mass is 16.5. The van der Waals surface area contributed by atoms with Crippen LogP contribution in [0.15, 0.2) is 30.5 Å². The molecule has 0 saturated carbocycles. The molecule has 5 nitrogen and oxygen atoms in total. The molecule has 1 amide bonds. The molecule has 0 spiro atoms. The van der Waals surface area contributed by atoms with Crippen molar-refractivity contribution in [2.24, 2.45) is 5.92 Å². The number of piperidine rings is 1. The minimum atomic E-state index is -0.202. The average Bonchev–Trinajstić information content (AvgIpc) is 3.02. The fourth-order valence-electron chi connectivity index (χ4n) is 2.98. The smallest absolute Gasteiger partial charge is 0.310 e. The minimum absolute atomic E-state index is 0.0227. The van der Waals surface area contributed by atoms with Crippen molar-refractivity contribution in [3.63, 3.8) is 0 Å². The van der Waals surface area contributed by atoms with Crippen molar-refractivity contribution in [1.82, 2.24) is 9.88 Å². The number of ether oxygens (including phenoxy) is 1. The van der Waals surface area contributed by atoms with Crippen molar-refractivity contribution in [1.29, 1.82) is 0 Å². The van der Waals surface area contributed by atoms with Crippen LogP contribution >= 0.6 is 0 Å². The lowest BCUT2D eigenvalue weighted by Crippen LogP contribution is -2.42. The van der Waals surface area contributed by atoms with Gasteiger partial charge in [0, 0.05) is 30.4 Å². The molecule has 0 aliphatic carbocycles. The molecule has 2 heterocycles. The standard InChI is InChI=1S/C17H20N2O3/c1-2-22-17(21)14-4-3-9-19(11-14)16(20)13-6-5-12-7-8-18-15(12)10-13/h5-8,10,14,18H,2-4,9,11H2,1H3. The normalized spacial score (nSPS) is 18.4. The van der Waals surface area contributed by atoms with Gasteiger partial charge in [-0.1, -0.05) is 6.07 Å². The topological polar surface area (TPSA) is 62.4 Å². The summed E-state index contributed by atoms with van der Waals surface area (Å²) >= 11 is 0. The number of esters is 1. The Morgan fingerprint density at radius 3 is 3.05 bits per heavy atom. The Morgan fingerprint density at radius 2 is 2.23 bits per heavy atom. The van der Waals surface area contributed by atoms with E-state index in [0.717, 1.165) is 23.7 Å². The summed E-state index contributed by atoms with van der Waals surface area (Å²) in [6.45, 7) is 3.32. The first-order valence-electron chi connectivity index (χ1n) is 7.72. The molecule has 1 aromatic carbocycles. The van der Waals surface area contributed by atoms with Crippen LogP contribution in [0, 0.1) is 5.92 Å². The molecule has 116 valence electrons. The molecule has 1 fully saturated rings. The molecular formula is C17H20N2O3. The molecular weight excluding hydrogens is 280 g/mol. The molecule has 1 atom stereocenters. The SMILES string of the molecule is CCOC(=O)C1CCCN(C(=O)c2ccc3cc[nH]c3c2)C1. The van der Waals surface area contributed by atoms with E-state index in [1.165, 1.54) is 0 Å². The summed E-state index contributed by atoms with van der Waals surface area (Å²) in [6.07, 6.45) is 3.48. The maximum absolute atomic E-state index is 12.7. The van der Waals surface area contributed by atoms with E-state index in [1.807, 2.05) is 30.5 Å². The zero-order chi connectivity index (χ0) is 15.5. The van der Waals surface area contributed by atoms with Crippen LogP contribution in [-0.2, 0) is 9.53 Å². The fraction of sp³-hybridized carbons (Fsp3) is 0.412. The number of aromatic nitrogens is 1. The Morgan fingerprint density at radius 1 is 1.36 bits per heavy atom. The van der Waals surface area contributed by atoms with Crippen LogP contribution in [0.5, 0.6) is 0 Å². The van der Waals surface area contributed by atoms with Crippen molar-refractivity contribution in [2.45, 2.75) is 19.8 Å². The molecule has 3 rings (SSSR count). The van der Waals surface area contributed by atoms with Crippen molar-refractivity contribution in [3.8, 4) is 0 Å². The first-order valence-corrected chi connectivity index (χ1v) is 7.72. The highest BCUT2D eigenvalue weighted by molar-refractivity contribution is 5.98. The Hall–Kier alpha value is -2.30. The highest BCUT2D eigenvalue weighted by Crippen LogP contribution is 2.21. The second-order valence-electron chi connectivity index (χ2n) is 5.62. The molecule has 1 unspecified atom stereocenters. The molecule has 1 aliphatic heterocycles. The number of hydrogen-bond donors (Lipinski definition) is 1. The van der Waals surface area contributed by atoms with Crippen molar-refractivity contribution in [3.05, 3.63) is 36.0 Å². The number of hydrogen-bond acceptors (Lipinski definition) is 3. The number of benzene rings is 1. The van der Waals surface area contributed by atoms with E-state index in [1.54, 1.807) is 11.8 Å². The fourth-order valence-corrected chi connectivity index (χ4v) is 2.98. The first kappa shape index (κ1) is 14.6. The predicted molar refractivity (Wildman–Crippen MR) is 83.6 cm³/mol. The first-order chi connectivity index (χ1) is 10.7. The molecule has 1 saturated heterocycles. The van der Waals surface area contributed by atoms with Gasteiger partial charge in [-0.15, -0.1) is 0 Å². The van der Waals surface area contributed by atoms with Crippen LogP contribution in [0.3, 0.4) is 0 Å². The number of aromatic amines is 1. The van der Waals surface area contributed by atoms with Crippen molar-refractivity contribution >= 4 is 22.8 Å². The van der Waals surface area contributed by atoms with Crippen LogP contribution in [0.25, 0.3) is 10.9 Å². The minimum Gasteiger partial charge on any atom is -0.466 e. The van der Waals surface area contributed by atoms with E-state index in [4.69, 9.17) is 4.74 Å². The van der Waals surface area contributed by atoms with Gasteiger partial charge in [-0.2, -0.15) is 0 Å². The van der Waals surface area contributed by atoms with Crippen LogP contribution in [0.2, 0.25) is 0 Å². The van der Waals surface area contributed by atoms with Crippen LogP contribution in [0.1, 0.15) is 30.1 Å². The van der Waals surface area contributed by atoms with Gasteiger partial charge in [-0.25, -0.2) is 0 Å². The van der Waals surface area contributed by atoms with Gasteiger partial charge < -0.3 is 14.6 Å². The third kappa shape index (κ3) is 2.84. The number of fused-ring (bicyclic) bond motifs is 1. The Kier molecular flexibility index (Phi) is 4.13. The molecule has 5 heteroatoms. The lowest BCUT2D eigenvalue weighted by atomic mass is 9.97. The van der Waals surface area contributed by atoms with Crippen LogP contribution in [0.4, 0.5) is 0 Å². The average molecular weight is 300 g/mol.